The molecular formula is C16H18N2O2S. The van der Waals surface area contributed by atoms with Gasteiger partial charge in [0, 0.05) is 23.8 Å². The minimum atomic E-state index is -2.56. The zero-order chi connectivity index (χ0) is 15.5. The van der Waals surface area contributed by atoms with Crippen molar-refractivity contribution in [2.45, 2.75) is 18.7 Å². The Hall–Kier alpha value is -2.14. The molecule has 0 aliphatic carbocycles. The largest absolute Gasteiger partial charge is 0.326 e. The van der Waals surface area contributed by atoms with Crippen molar-refractivity contribution in [2.24, 2.45) is 4.36 Å². The highest BCUT2D eigenvalue weighted by Crippen LogP contribution is 2.22. The Morgan fingerprint density at radius 3 is 2.43 bits per heavy atom. The fourth-order valence-electron chi connectivity index (χ4n) is 1.87. The number of anilines is 1. The summed E-state index contributed by atoms with van der Waals surface area (Å²) in [6.07, 6.45) is 1.60. The molecule has 0 radical (unpaired) electrons. The molecule has 21 heavy (non-hydrogen) atoms. The smallest absolute Gasteiger partial charge is 0.221 e. The van der Waals surface area contributed by atoms with Crippen LogP contribution in [0.15, 0.2) is 57.8 Å². The van der Waals surface area contributed by atoms with Crippen LogP contribution in [0.4, 0.5) is 11.4 Å². The molecule has 2 rings (SSSR count). The summed E-state index contributed by atoms with van der Waals surface area (Å²) >= 11 is 0. The monoisotopic (exact) mass is 302 g/mol. The predicted molar refractivity (Wildman–Crippen MR) is 86.3 cm³/mol. The third kappa shape index (κ3) is 4.16. The second kappa shape index (κ2) is 6.10. The van der Waals surface area contributed by atoms with Crippen LogP contribution >= 0.6 is 0 Å². The first kappa shape index (κ1) is 15.3. The summed E-state index contributed by atoms with van der Waals surface area (Å²) in [7, 11) is -2.56. The summed E-state index contributed by atoms with van der Waals surface area (Å²) in [6, 6.07) is 14.5. The molecule has 1 unspecified atom stereocenters. The molecule has 0 aliphatic rings. The Labute approximate surface area is 125 Å². The first-order valence-corrected chi connectivity index (χ1v) is 8.46. The van der Waals surface area contributed by atoms with E-state index in [1.165, 1.54) is 6.92 Å². The third-order valence-corrected chi connectivity index (χ3v) is 4.59. The molecule has 0 spiro atoms. The van der Waals surface area contributed by atoms with Gasteiger partial charge in [-0.25, -0.2) is 4.21 Å². The second-order valence-corrected chi connectivity index (χ2v) is 7.20. The SMILES string of the molecule is CC(=O)Nc1cccc(S(C)(=O)=Nc2ccc(C)cc2)c1. The number of nitrogens with one attached hydrogen (secondary N) is 1. The van der Waals surface area contributed by atoms with E-state index in [1.807, 2.05) is 31.2 Å². The van der Waals surface area contributed by atoms with E-state index in [0.29, 0.717) is 16.3 Å². The third-order valence-electron chi connectivity index (χ3n) is 2.91. The number of benzene rings is 2. The number of hydrogen-bond acceptors (Lipinski definition) is 3. The lowest BCUT2D eigenvalue weighted by Gasteiger charge is -2.08. The van der Waals surface area contributed by atoms with Crippen LogP contribution in [0.3, 0.4) is 0 Å². The molecule has 0 aliphatic heterocycles. The normalized spacial score (nSPS) is 13.3. The fourth-order valence-corrected chi connectivity index (χ4v) is 3.18. The molecule has 0 saturated carbocycles. The highest BCUT2D eigenvalue weighted by atomic mass is 32.2. The van der Waals surface area contributed by atoms with Gasteiger partial charge in [-0.3, -0.25) is 4.79 Å². The number of hydrogen-bond donors (Lipinski definition) is 1. The van der Waals surface area contributed by atoms with Gasteiger partial charge in [0.1, 0.15) is 0 Å². The van der Waals surface area contributed by atoms with Crippen molar-refractivity contribution < 1.29 is 9.00 Å². The van der Waals surface area contributed by atoms with Gasteiger partial charge in [0.15, 0.2) is 0 Å². The molecule has 4 nitrogen and oxygen atoms in total. The average Bonchev–Trinajstić information content (AvgIpc) is 2.41. The number of rotatable bonds is 3. The van der Waals surface area contributed by atoms with E-state index in [0.717, 1.165) is 5.56 Å². The number of carbonyl (C=O) groups is 1. The van der Waals surface area contributed by atoms with Crippen LogP contribution < -0.4 is 5.32 Å². The van der Waals surface area contributed by atoms with E-state index in [2.05, 4.69) is 9.68 Å². The summed E-state index contributed by atoms with van der Waals surface area (Å²) in [5, 5.41) is 2.68. The van der Waals surface area contributed by atoms with Crippen LogP contribution in [0.25, 0.3) is 0 Å². The maximum Gasteiger partial charge on any atom is 0.221 e. The molecule has 110 valence electrons. The van der Waals surface area contributed by atoms with Crippen molar-refractivity contribution in [1.82, 2.24) is 0 Å². The highest BCUT2D eigenvalue weighted by molar-refractivity contribution is 7.93. The van der Waals surface area contributed by atoms with Crippen molar-refractivity contribution in [3.05, 3.63) is 54.1 Å². The quantitative estimate of drug-likeness (QED) is 0.939. The zero-order valence-electron chi connectivity index (χ0n) is 12.3. The molecule has 0 heterocycles. The first-order chi connectivity index (χ1) is 9.87. The van der Waals surface area contributed by atoms with E-state index in [4.69, 9.17) is 0 Å². The van der Waals surface area contributed by atoms with E-state index in [1.54, 1.807) is 30.5 Å². The summed E-state index contributed by atoms with van der Waals surface area (Å²) in [5.74, 6) is -0.162. The number of nitrogens with zero attached hydrogens (tertiary/aromatic N) is 1. The Balaban J connectivity index is 2.41. The second-order valence-electron chi connectivity index (χ2n) is 4.94. The lowest BCUT2D eigenvalue weighted by atomic mass is 10.2. The fraction of sp³-hybridized carbons (Fsp3) is 0.188. The Bertz CT molecular complexity index is 773. The topological polar surface area (TPSA) is 58.5 Å². The standard InChI is InChI=1S/C16H18N2O2S/c1-12-7-9-14(10-8-12)18-21(3,20)16-6-4-5-15(11-16)17-13(2)19/h4-11H,1-3H3,(H,17,19). The van der Waals surface area contributed by atoms with Gasteiger partial charge in [0.05, 0.1) is 15.4 Å². The summed E-state index contributed by atoms with van der Waals surface area (Å²) in [5.41, 5.74) is 2.43. The summed E-state index contributed by atoms with van der Waals surface area (Å²) in [4.78, 5) is 11.7. The van der Waals surface area contributed by atoms with Crippen molar-refractivity contribution >= 4 is 27.0 Å². The molecular weight excluding hydrogens is 284 g/mol. The Morgan fingerprint density at radius 1 is 1.14 bits per heavy atom. The minimum Gasteiger partial charge on any atom is -0.326 e. The number of carbonyl (C=O) groups excluding carboxylic acids is 1. The van der Waals surface area contributed by atoms with Crippen LogP contribution in [-0.4, -0.2) is 16.4 Å². The molecule has 1 amide bonds. The maximum absolute atomic E-state index is 12.8. The van der Waals surface area contributed by atoms with Gasteiger partial charge in [0.2, 0.25) is 5.91 Å². The van der Waals surface area contributed by atoms with Crippen LogP contribution in [0.5, 0.6) is 0 Å². The highest BCUT2D eigenvalue weighted by Gasteiger charge is 2.08. The minimum absolute atomic E-state index is 0.162. The zero-order valence-corrected chi connectivity index (χ0v) is 13.1. The Morgan fingerprint density at radius 2 is 1.81 bits per heavy atom. The molecule has 0 fully saturated rings. The lowest BCUT2D eigenvalue weighted by molar-refractivity contribution is -0.114. The molecule has 1 N–H and O–H groups in total. The summed E-state index contributed by atoms with van der Waals surface area (Å²) in [6.45, 7) is 3.43. The van der Waals surface area contributed by atoms with E-state index >= 15 is 0 Å². The molecule has 0 saturated heterocycles. The van der Waals surface area contributed by atoms with Crippen molar-refractivity contribution in [1.29, 1.82) is 0 Å². The van der Waals surface area contributed by atoms with Crippen LogP contribution in [0.2, 0.25) is 0 Å². The van der Waals surface area contributed by atoms with Gasteiger partial charge in [-0.2, -0.15) is 4.36 Å². The van der Waals surface area contributed by atoms with E-state index in [-0.39, 0.29) is 5.91 Å². The van der Waals surface area contributed by atoms with Crippen LogP contribution in [-0.2, 0) is 14.5 Å². The van der Waals surface area contributed by atoms with E-state index in [9.17, 15) is 9.00 Å². The number of amides is 1. The average molecular weight is 302 g/mol. The van der Waals surface area contributed by atoms with Crippen molar-refractivity contribution in [2.75, 3.05) is 11.6 Å². The van der Waals surface area contributed by atoms with Gasteiger partial charge < -0.3 is 5.32 Å². The van der Waals surface area contributed by atoms with Crippen molar-refractivity contribution in [3.8, 4) is 0 Å². The van der Waals surface area contributed by atoms with Crippen LogP contribution in [0, 0.1) is 6.92 Å². The van der Waals surface area contributed by atoms with Gasteiger partial charge in [-0.15, -0.1) is 0 Å². The number of aryl methyl sites for hydroxylation is 1. The van der Waals surface area contributed by atoms with Gasteiger partial charge >= 0.3 is 0 Å². The maximum atomic E-state index is 12.8. The van der Waals surface area contributed by atoms with Crippen molar-refractivity contribution in [3.63, 3.8) is 0 Å². The predicted octanol–water partition coefficient (Wildman–Crippen LogP) is 3.74. The molecule has 2 aromatic carbocycles. The summed E-state index contributed by atoms with van der Waals surface area (Å²) < 4.78 is 17.1. The first-order valence-electron chi connectivity index (χ1n) is 6.53. The Kier molecular flexibility index (Phi) is 4.43. The lowest BCUT2D eigenvalue weighted by Crippen LogP contribution is -2.06. The van der Waals surface area contributed by atoms with Gasteiger partial charge in [0.25, 0.3) is 0 Å². The molecule has 5 heteroatoms. The van der Waals surface area contributed by atoms with E-state index < -0.39 is 9.73 Å². The van der Waals surface area contributed by atoms with Gasteiger partial charge in [-0.05, 0) is 37.3 Å². The van der Waals surface area contributed by atoms with Crippen LogP contribution in [0.1, 0.15) is 12.5 Å². The molecule has 2 aromatic rings. The molecule has 0 aromatic heterocycles. The van der Waals surface area contributed by atoms with Gasteiger partial charge in [-0.1, -0.05) is 23.8 Å². The molecule has 1 atom stereocenters. The molecule has 0 bridgehead atoms.